The summed E-state index contributed by atoms with van der Waals surface area (Å²) in [6.45, 7) is 7.89. The maximum Gasteiger partial charge on any atom is 0.236 e. The van der Waals surface area contributed by atoms with Crippen LogP contribution in [0.15, 0.2) is 0 Å². The van der Waals surface area contributed by atoms with Crippen LogP contribution in [0.1, 0.15) is 40.5 Å². The number of carbonyl (C=O) groups is 1. The summed E-state index contributed by atoms with van der Waals surface area (Å²) in [5.74, 6) is -0.0767. The van der Waals surface area contributed by atoms with Crippen LogP contribution in [0.3, 0.4) is 0 Å². The highest BCUT2D eigenvalue weighted by atomic mass is 32.2. The average Bonchev–Trinajstić information content (AvgIpc) is 2.78. The molecule has 94 valence electrons. The topological polar surface area (TPSA) is 63.2 Å². The largest absolute Gasteiger partial charge is 0.274 e. The van der Waals surface area contributed by atoms with Crippen molar-refractivity contribution in [3.8, 4) is 0 Å². The molecule has 1 rings (SSSR count). The average molecular weight is 247 g/mol. The molecular weight excluding hydrogens is 226 g/mol. The van der Waals surface area contributed by atoms with Gasteiger partial charge < -0.3 is 0 Å². The molecule has 2 atom stereocenters. The molecule has 0 aliphatic heterocycles. The summed E-state index contributed by atoms with van der Waals surface area (Å²) in [4.78, 5) is 11.5. The number of nitrogens with one attached hydrogen (secondary N) is 1. The molecule has 5 heteroatoms. The summed E-state index contributed by atoms with van der Waals surface area (Å²) in [5.41, 5.74) is -0.0370. The second-order valence-corrected chi connectivity index (χ2v) is 7.76. The Morgan fingerprint density at radius 1 is 1.38 bits per heavy atom. The molecule has 0 aromatic carbocycles. The first-order valence-corrected chi connectivity index (χ1v) is 7.30. The normalized spacial score (nSPS) is 25.2. The Morgan fingerprint density at radius 3 is 2.25 bits per heavy atom. The number of amides is 1. The van der Waals surface area contributed by atoms with E-state index in [-0.39, 0.29) is 23.0 Å². The highest BCUT2D eigenvalue weighted by molar-refractivity contribution is 7.90. The lowest BCUT2D eigenvalue weighted by Crippen LogP contribution is -2.34. The van der Waals surface area contributed by atoms with Crippen molar-refractivity contribution in [1.29, 1.82) is 0 Å². The zero-order valence-corrected chi connectivity index (χ0v) is 11.2. The molecule has 0 aromatic rings. The molecule has 0 saturated heterocycles. The number of carbonyl (C=O) groups excluding carboxylic acids is 1. The maximum absolute atomic E-state index is 11.6. The molecule has 0 aromatic heterocycles. The predicted molar refractivity (Wildman–Crippen MR) is 63.3 cm³/mol. The Balaban J connectivity index is 2.43. The zero-order valence-electron chi connectivity index (χ0n) is 10.4. The lowest BCUT2D eigenvalue weighted by molar-refractivity contribution is -0.120. The Bertz CT molecular complexity index is 367. The minimum atomic E-state index is -3.44. The van der Waals surface area contributed by atoms with E-state index < -0.39 is 10.0 Å². The van der Waals surface area contributed by atoms with Gasteiger partial charge in [-0.05, 0) is 24.2 Å². The van der Waals surface area contributed by atoms with Crippen LogP contribution in [0.2, 0.25) is 0 Å². The molecule has 4 nitrogen and oxygen atoms in total. The van der Waals surface area contributed by atoms with Gasteiger partial charge in [-0.1, -0.05) is 27.7 Å². The third-order valence-electron chi connectivity index (χ3n) is 2.82. The van der Waals surface area contributed by atoms with E-state index in [9.17, 15) is 13.2 Å². The maximum atomic E-state index is 11.6. The van der Waals surface area contributed by atoms with Gasteiger partial charge >= 0.3 is 0 Å². The zero-order chi connectivity index (χ0) is 12.6. The molecule has 1 amide bonds. The van der Waals surface area contributed by atoms with E-state index in [2.05, 4.69) is 4.72 Å². The van der Waals surface area contributed by atoms with E-state index in [0.717, 1.165) is 6.42 Å². The van der Waals surface area contributed by atoms with Crippen LogP contribution >= 0.6 is 0 Å². The second-order valence-electron chi connectivity index (χ2n) is 5.92. The molecule has 0 spiro atoms. The molecule has 1 N–H and O–H groups in total. The lowest BCUT2D eigenvalue weighted by atomic mass is 9.94. The molecule has 1 aliphatic carbocycles. The minimum absolute atomic E-state index is 0.0172. The van der Waals surface area contributed by atoms with Crippen molar-refractivity contribution in [2.45, 2.75) is 40.5 Å². The summed E-state index contributed by atoms with van der Waals surface area (Å²) in [7, 11) is -3.44. The molecular formula is C11H21NO3S. The first-order valence-electron chi connectivity index (χ1n) is 5.65. The van der Waals surface area contributed by atoms with E-state index in [0.29, 0.717) is 12.3 Å². The Morgan fingerprint density at radius 2 is 1.88 bits per heavy atom. The summed E-state index contributed by atoms with van der Waals surface area (Å²) >= 11 is 0. The number of hydrogen-bond acceptors (Lipinski definition) is 3. The monoisotopic (exact) mass is 247 g/mol. The third-order valence-corrected chi connectivity index (χ3v) is 4.08. The fourth-order valence-electron chi connectivity index (χ4n) is 1.41. The second kappa shape index (κ2) is 4.35. The van der Waals surface area contributed by atoms with Gasteiger partial charge in [0.2, 0.25) is 15.9 Å². The van der Waals surface area contributed by atoms with Crippen LogP contribution in [0.5, 0.6) is 0 Å². The van der Waals surface area contributed by atoms with Crippen LogP contribution < -0.4 is 4.72 Å². The number of sulfonamides is 1. The fourth-order valence-corrected chi connectivity index (χ4v) is 2.85. The summed E-state index contributed by atoms with van der Waals surface area (Å²) in [6.07, 6.45) is 1.36. The van der Waals surface area contributed by atoms with Crippen molar-refractivity contribution in [2.24, 2.45) is 17.3 Å². The van der Waals surface area contributed by atoms with Crippen molar-refractivity contribution < 1.29 is 13.2 Å². The highest BCUT2D eigenvalue weighted by Gasteiger charge is 2.40. The molecule has 1 fully saturated rings. The minimum Gasteiger partial charge on any atom is -0.274 e. The van der Waals surface area contributed by atoms with E-state index in [4.69, 9.17) is 0 Å². The molecule has 16 heavy (non-hydrogen) atoms. The summed E-state index contributed by atoms with van der Waals surface area (Å²) < 4.78 is 25.3. The van der Waals surface area contributed by atoms with Crippen LogP contribution in [0.25, 0.3) is 0 Å². The van der Waals surface area contributed by atoms with Gasteiger partial charge in [-0.2, -0.15) is 0 Å². The van der Waals surface area contributed by atoms with E-state index in [1.54, 1.807) is 0 Å². The van der Waals surface area contributed by atoms with E-state index >= 15 is 0 Å². The highest BCUT2D eigenvalue weighted by Crippen LogP contribution is 2.37. The first-order chi connectivity index (χ1) is 7.11. The van der Waals surface area contributed by atoms with E-state index in [1.807, 2.05) is 27.7 Å². The Kier molecular flexibility index (Phi) is 3.67. The predicted octanol–water partition coefficient (Wildman–Crippen LogP) is 1.52. The van der Waals surface area contributed by atoms with Crippen LogP contribution in [0.4, 0.5) is 0 Å². The molecule has 1 aliphatic rings. The van der Waals surface area contributed by atoms with Gasteiger partial charge in [-0.15, -0.1) is 0 Å². The van der Waals surface area contributed by atoms with Gasteiger partial charge in [0, 0.05) is 5.92 Å². The van der Waals surface area contributed by atoms with Gasteiger partial charge in [-0.3, -0.25) is 9.52 Å². The van der Waals surface area contributed by atoms with Crippen molar-refractivity contribution >= 4 is 15.9 Å². The van der Waals surface area contributed by atoms with Crippen molar-refractivity contribution in [2.75, 3.05) is 5.75 Å². The smallest absolute Gasteiger partial charge is 0.236 e. The standard InChI is InChI=1S/C11H21NO3S/c1-8-7-9(8)10(13)12-16(14,15)6-5-11(2,3)4/h8-9H,5-7H2,1-4H3,(H,12,13). The lowest BCUT2D eigenvalue weighted by Gasteiger charge is -2.17. The molecule has 1 saturated carbocycles. The molecule has 0 bridgehead atoms. The summed E-state index contributed by atoms with van der Waals surface area (Å²) in [6, 6.07) is 0. The molecule has 0 radical (unpaired) electrons. The van der Waals surface area contributed by atoms with Gasteiger partial charge in [0.15, 0.2) is 0 Å². The quantitative estimate of drug-likeness (QED) is 0.819. The van der Waals surface area contributed by atoms with Crippen molar-refractivity contribution in [3.05, 3.63) is 0 Å². The Labute approximate surface area is 97.9 Å². The van der Waals surface area contributed by atoms with E-state index in [1.165, 1.54) is 0 Å². The fraction of sp³-hybridized carbons (Fsp3) is 0.909. The SMILES string of the molecule is CC1CC1C(=O)NS(=O)(=O)CCC(C)(C)C. The van der Waals surface area contributed by atoms with Gasteiger partial charge in [0.1, 0.15) is 0 Å². The van der Waals surface area contributed by atoms with Crippen LogP contribution in [-0.2, 0) is 14.8 Å². The first kappa shape index (κ1) is 13.5. The van der Waals surface area contributed by atoms with Gasteiger partial charge in [-0.25, -0.2) is 8.42 Å². The third kappa shape index (κ3) is 4.51. The van der Waals surface area contributed by atoms with Crippen LogP contribution in [0, 0.1) is 17.3 Å². The van der Waals surface area contributed by atoms with Gasteiger partial charge in [0.05, 0.1) is 5.75 Å². The number of hydrogen-bond donors (Lipinski definition) is 1. The van der Waals surface area contributed by atoms with Crippen molar-refractivity contribution in [1.82, 2.24) is 4.72 Å². The summed E-state index contributed by atoms with van der Waals surface area (Å²) in [5, 5.41) is 0. The number of rotatable bonds is 4. The van der Waals surface area contributed by atoms with Crippen LogP contribution in [-0.4, -0.2) is 20.1 Å². The van der Waals surface area contributed by atoms with Crippen molar-refractivity contribution in [3.63, 3.8) is 0 Å². The van der Waals surface area contributed by atoms with Gasteiger partial charge in [0.25, 0.3) is 0 Å². The molecule has 0 heterocycles. The molecule has 2 unspecified atom stereocenters. The Hall–Kier alpha value is -0.580.